The van der Waals surface area contributed by atoms with Gasteiger partial charge < -0.3 is 14.6 Å². The van der Waals surface area contributed by atoms with E-state index in [0.29, 0.717) is 23.1 Å². The van der Waals surface area contributed by atoms with Crippen molar-refractivity contribution in [2.24, 2.45) is 4.99 Å². The molecule has 0 aliphatic carbocycles. The molecule has 41 heavy (non-hydrogen) atoms. The highest BCUT2D eigenvalue weighted by Crippen LogP contribution is 2.30. The van der Waals surface area contributed by atoms with Gasteiger partial charge in [0.1, 0.15) is 22.3 Å². The van der Waals surface area contributed by atoms with Crippen molar-refractivity contribution in [1.82, 2.24) is 10.2 Å². The highest BCUT2D eigenvalue weighted by atomic mass is 32.1. The van der Waals surface area contributed by atoms with Crippen molar-refractivity contribution in [3.8, 4) is 27.8 Å². The molecule has 2 aromatic carbocycles. The molecule has 1 N–H and O–H groups in total. The van der Waals surface area contributed by atoms with Crippen LogP contribution in [0.15, 0.2) is 47.5 Å². The Morgan fingerprint density at radius 3 is 1.80 bits per heavy atom. The van der Waals surface area contributed by atoms with Crippen LogP contribution in [0.3, 0.4) is 0 Å². The van der Waals surface area contributed by atoms with Crippen LogP contribution in [0, 0.1) is 0 Å². The number of phenols is 1. The Bertz CT molecular complexity index is 1130. The van der Waals surface area contributed by atoms with E-state index in [-0.39, 0.29) is 5.75 Å². The molecular weight excluding hydrogens is 530 g/mol. The van der Waals surface area contributed by atoms with E-state index in [1.54, 1.807) is 12.3 Å². The van der Waals surface area contributed by atoms with E-state index in [1.807, 2.05) is 36.4 Å². The Balaban J connectivity index is 1.37. The Kier molecular flexibility index (Phi) is 15.9. The minimum Gasteiger partial charge on any atom is -0.507 e. The number of nitrogens with zero attached hydrogens (tertiary/aromatic N) is 3. The summed E-state index contributed by atoms with van der Waals surface area (Å²) in [7, 11) is 0. The van der Waals surface area contributed by atoms with Crippen molar-refractivity contribution in [2.45, 2.75) is 110 Å². The summed E-state index contributed by atoms with van der Waals surface area (Å²) in [4.78, 5) is 4.43. The molecule has 0 aliphatic heterocycles. The lowest BCUT2D eigenvalue weighted by molar-refractivity contribution is 0.302. The van der Waals surface area contributed by atoms with Gasteiger partial charge in [-0.05, 0) is 49.2 Å². The smallest absolute Gasteiger partial charge is 0.231 e. The number of phenolic OH excluding ortho intramolecular Hbond substituents is 1. The molecule has 0 saturated heterocycles. The number of benzene rings is 2. The summed E-state index contributed by atoms with van der Waals surface area (Å²) < 4.78 is 11.7. The maximum Gasteiger partial charge on any atom is 0.231 e. The summed E-state index contributed by atoms with van der Waals surface area (Å²) >= 11 is 1.41. The normalized spacial score (nSPS) is 11.4. The third kappa shape index (κ3) is 13.1. The molecule has 1 heterocycles. The van der Waals surface area contributed by atoms with E-state index in [2.05, 4.69) is 29.0 Å². The van der Waals surface area contributed by atoms with Gasteiger partial charge in [0.2, 0.25) is 5.13 Å². The summed E-state index contributed by atoms with van der Waals surface area (Å²) in [5, 5.41) is 20.2. The molecule has 7 heteroatoms. The Labute approximate surface area is 251 Å². The van der Waals surface area contributed by atoms with Crippen LogP contribution in [0.2, 0.25) is 0 Å². The number of hydrogen-bond acceptors (Lipinski definition) is 7. The second kappa shape index (κ2) is 20.0. The van der Waals surface area contributed by atoms with E-state index in [9.17, 15) is 5.11 Å². The molecule has 0 radical (unpaired) electrons. The van der Waals surface area contributed by atoms with E-state index >= 15 is 0 Å². The minimum absolute atomic E-state index is 0.137. The number of aromatic nitrogens is 2. The van der Waals surface area contributed by atoms with Crippen molar-refractivity contribution < 1.29 is 14.6 Å². The summed E-state index contributed by atoms with van der Waals surface area (Å²) in [6.07, 6.45) is 20.7. The number of hydrogen-bond donors (Lipinski definition) is 1. The lowest BCUT2D eigenvalue weighted by atomic mass is 10.1. The molecule has 0 fully saturated rings. The van der Waals surface area contributed by atoms with Gasteiger partial charge in [-0.1, -0.05) is 109 Å². The maximum absolute atomic E-state index is 10.4. The first-order chi connectivity index (χ1) is 20.2. The van der Waals surface area contributed by atoms with Gasteiger partial charge in [-0.15, -0.1) is 10.2 Å². The molecule has 0 amide bonds. The van der Waals surface area contributed by atoms with E-state index in [4.69, 9.17) is 9.47 Å². The number of aliphatic imine (C=N–C) groups is 1. The van der Waals surface area contributed by atoms with Crippen LogP contribution in [-0.4, -0.2) is 34.7 Å². The molecule has 0 bridgehead atoms. The van der Waals surface area contributed by atoms with Crippen molar-refractivity contribution >= 4 is 22.7 Å². The van der Waals surface area contributed by atoms with E-state index in [0.717, 1.165) is 35.8 Å². The second-order valence-electron chi connectivity index (χ2n) is 10.7. The van der Waals surface area contributed by atoms with Gasteiger partial charge in [-0.25, -0.2) is 4.99 Å². The highest BCUT2D eigenvalue weighted by Gasteiger charge is 2.07. The predicted molar refractivity (Wildman–Crippen MR) is 172 cm³/mol. The zero-order valence-corrected chi connectivity index (χ0v) is 26.0. The van der Waals surface area contributed by atoms with Crippen LogP contribution in [0.25, 0.3) is 10.6 Å². The van der Waals surface area contributed by atoms with Crippen molar-refractivity contribution in [2.75, 3.05) is 13.2 Å². The van der Waals surface area contributed by atoms with Crippen LogP contribution in [-0.2, 0) is 0 Å². The largest absolute Gasteiger partial charge is 0.507 e. The van der Waals surface area contributed by atoms with Gasteiger partial charge in [0, 0.05) is 23.4 Å². The van der Waals surface area contributed by atoms with Crippen LogP contribution in [0.4, 0.5) is 5.13 Å². The molecular formula is C34H49N3O3S. The first-order valence-electron chi connectivity index (χ1n) is 15.8. The molecule has 0 atom stereocenters. The number of aromatic hydroxyl groups is 1. The summed E-state index contributed by atoms with van der Waals surface area (Å²) in [5.74, 6) is 1.69. The molecule has 0 saturated carbocycles. The SMILES string of the molecule is CCCCCCCCCCOc1ccc(-c2nnc(/N=C/c3ccc(OCCCCCCCCC)cc3O)s2)cc1. The third-order valence-corrected chi connectivity index (χ3v) is 8.00. The summed E-state index contributed by atoms with van der Waals surface area (Å²) in [6.45, 7) is 5.92. The third-order valence-electron chi connectivity index (χ3n) is 7.11. The van der Waals surface area contributed by atoms with Gasteiger partial charge in [-0.2, -0.15) is 0 Å². The number of rotatable bonds is 22. The maximum atomic E-state index is 10.4. The standard InChI is InChI=1S/C34H49N3O3S/c1-3-5-7-9-11-13-15-16-24-39-30-21-18-28(19-22-30)33-36-37-34(41-33)35-27-29-20-23-31(26-32(29)38)40-25-17-14-12-10-8-6-4-2/h18-23,26-27,38H,3-17,24-25H2,1-2H3/b35-27+. The van der Waals surface area contributed by atoms with E-state index in [1.165, 1.54) is 94.8 Å². The zero-order chi connectivity index (χ0) is 29.0. The highest BCUT2D eigenvalue weighted by molar-refractivity contribution is 7.18. The summed E-state index contributed by atoms with van der Waals surface area (Å²) in [6, 6.07) is 13.3. The zero-order valence-electron chi connectivity index (χ0n) is 25.2. The Hall–Kier alpha value is -2.93. The molecule has 0 spiro atoms. The first-order valence-corrected chi connectivity index (χ1v) is 16.6. The number of unbranched alkanes of at least 4 members (excludes halogenated alkanes) is 13. The number of ether oxygens (including phenoxy) is 2. The molecule has 0 aliphatic rings. The van der Waals surface area contributed by atoms with E-state index < -0.39 is 0 Å². The molecule has 3 rings (SSSR count). The van der Waals surface area contributed by atoms with Crippen molar-refractivity contribution in [1.29, 1.82) is 0 Å². The van der Waals surface area contributed by atoms with Crippen molar-refractivity contribution in [3.63, 3.8) is 0 Å². The Morgan fingerprint density at radius 1 is 0.683 bits per heavy atom. The average molecular weight is 580 g/mol. The lowest BCUT2D eigenvalue weighted by Gasteiger charge is -2.07. The van der Waals surface area contributed by atoms with Crippen LogP contribution in [0.5, 0.6) is 17.2 Å². The molecule has 0 unspecified atom stereocenters. The second-order valence-corrected chi connectivity index (χ2v) is 11.6. The van der Waals surface area contributed by atoms with Gasteiger partial charge in [0.25, 0.3) is 0 Å². The van der Waals surface area contributed by atoms with Gasteiger partial charge in [0.05, 0.1) is 13.2 Å². The lowest BCUT2D eigenvalue weighted by Crippen LogP contribution is -1.97. The minimum atomic E-state index is 0.137. The predicted octanol–water partition coefficient (Wildman–Crippen LogP) is 10.3. The van der Waals surface area contributed by atoms with Gasteiger partial charge in [-0.3, -0.25) is 0 Å². The molecule has 224 valence electrons. The van der Waals surface area contributed by atoms with Gasteiger partial charge >= 0.3 is 0 Å². The van der Waals surface area contributed by atoms with Crippen LogP contribution in [0.1, 0.15) is 116 Å². The van der Waals surface area contributed by atoms with Crippen LogP contribution >= 0.6 is 11.3 Å². The first kappa shape index (κ1) is 32.6. The quantitative estimate of drug-likeness (QED) is 0.0946. The van der Waals surface area contributed by atoms with Crippen LogP contribution < -0.4 is 9.47 Å². The Morgan fingerprint density at radius 2 is 1.22 bits per heavy atom. The fourth-order valence-corrected chi connectivity index (χ4v) is 5.30. The fraction of sp³-hybridized carbons (Fsp3) is 0.559. The van der Waals surface area contributed by atoms with Crippen molar-refractivity contribution in [3.05, 3.63) is 48.0 Å². The monoisotopic (exact) mass is 579 g/mol. The fourth-order valence-electron chi connectivity index (χ4n) is 4.60. The molecule has 3 aromatic rings. The topological polar surface area (TPSA) is 76.8 Å². The summed E-state index contributed by atoms with van der Waals surface area (Å²) in [5.41, 5.74) is 1.59. The average Bonchev–Trinajstić information content (AvgIpc) is 3.46. The molecule has 6 nitrogen and oxygen atoms in total. The molecule has 1 aromatic heterocycles. The van der Waals surface area contributed by atoms with Gasteiger partial charge in [0.15, 0.2) is 0 Å².